The van der Waals surface area contributed by atoms with Crippen molar-refractivity contribution in [3.8, 4) is 0 Å². The second kappa shape index (κ2) is 44.8. The molecule has 0 bridgehead atoms. The summed E-state index contributed by atoms with van der Waals surface area (Å²) in [6.45, 7) is 0. The van der Waals surface area contributed by atoms with Gasteiger partial charge in [0.25, 0.3) is 0 Å². The molecule has 0 saturated carbocycles. The number of rotatable bonds is 0. The van der Waals surface area contributed by atoms with Crippen molar-refractivity contribution in [3.63, 3.8) is 0 Å². The van der Waals surface area contributed by atoms with Crippen molar-refractivity contribution >= 4 is 26.2 Å². The summed E-state index contributed by atoms with van der Waals surface area (Å²) in [4.78, 5) is 0. The zero-order valence-corrected chi connectivity index (χ0v) is 10.9. The maximum absolute atomic E-state index is 7.88. The van der Waals surface area contributed by atoms with Gasteiger partial charge in [-0.2, -0.15) is 0 Å². The molecule has 0 aromatic heterocycles. The quantitative estimate of drug-likeness (QED) is 0.415. The zero-order valence-electron chi connectivity index (χ0n) is 2.27. The third kappa shape index (κ3) is 28.6. The van der Waals surface area contributed by atoms with Gasteiger partial charge < -0.3 is 0 Å². The van der Waals surface area contributed by atoms with E-state index in [2.05, 4.69) is 15.4 Å². The standard InChI is InChI=1S/Bi.Co.Fe.Mo.Ni.O. The molecule has 6 heavy (non-hydrogen) atoms. The van der Waals surface area contributed by atoms with Gasteiger partial charge in [0.05, 0.1) is 0 Å². The summed E-state index contributed by atoms with van der Waals surface area (Å²) in [5.41, 5.74) is 0. The van der Waals surface area contributed by atoms with Crippen LogP contribution in [0.2, 0.25) is 0 Å². The van der Waals surface area contributed by atoms with Gasteiger partial charge in [-0.3, -0.25) is 0 Å². The average Bonchev–Trinajstić information content (AvgIpc) is 1.00. The van der Waals surface area contributed by atoms with Crippen LogP contribution in [0, 0.1) is 0 Å². The van der Waals surface area contributed by atoms with Gasteiger partial charge in [0.15, 0.2) is 0 Å². The van der Waals surface area contributed by atoms with Gasteiger partial charge in [-0.15, -0.1) is 0 Å². The van der Waals surface area contributed by atoms with Crippen molar-refractivity contribution in [2.24, 2.45) is 0 Å². The Labute approximate surface area is 98.8 Å². The van der Waals surface area contributed by atoms with E-state index in [1.54, 1.807) is 0 Å². The van der Waals surface area contributed by atoms with Crippen molar-refractivity contribution < 1.29 is 74.2 Å². The number of hydrogen-bond acceptors (Lipinski definition) is 1. The number of hydrogen-bond donors (Lipinski definition) is 0. The van der Waals surface area contributed by atoms with Crippen molar-refractivity contribution in [3.05, 3.63) is 0 Å². The van der Waals surface area contributed by atoms with E-state index in [9.17, 15) is 0 Å². The van der Waals surface area contributed by atoms with Crippen LogP contribution in [0.1, 0.15) is 0 Å². The van der Waals surface area contributed by atoms with Crippen LogP contribution in [0.3, 0.4) is 0 Å². The monoisotopic (exact) mass is 496 g/mol. The van der Waals surface area contributed by atoms with Gasteiger partial charge in [0.2, 0.25) is 0 Å². The predicted octanol–water partition coefficient (Wildman–Crippen LogP) is -0.510. The molecule has 0 heterocycles. The molecule has 0 saturated heterocycles. The SMILES string of the molecule is [Bi].[Co].[Fe].[Mo].[O]=[Ni]. The van der Waals surface area contributed by atoms with Crippen molar-refractivity contribution in [2.75, 3.05) is 0 Å². The minimum absolute atomic E-state index is 0. The fraction of sp³-hybridized carbons (Fsp3) is 0. The molecule has 0 aliphatic heterocycles. The first-order valence-corrected chi connectivity index (χ1v) is 0.532. The molecular weight excluding hydrogens is 494 g/mol. The van der Waals surface area contributed by atoms with E-state index < -0.39 is 0 Å². The molecule has 44 valence electrons. The zero-order chi connectivity index (χ0) is 2.00. The van der Waals surface area contributed by atoms with Gasteiger partial charge in [0, 0.05) is 81.1 Å². The molecule has 6 heteroatoms. The minimum atomic E-state index is 0. The Bertz CT molecular complexity index is 15.5. The molecule has 4 radical (unpaired) electrons. The van der Waals surface area contributed by atoms with Crippen LogP contribution in [0.5, 0.6) is 0 Å². The molecule has 0 spiro atoms. The molecule has 0 aromatic rings. The van der Waals surface area contributed by atoms with Crippen molar-refractivity contribution in [2.45, 2.75) is 0 Å². The molecular formula is BiCoFeMoNiO. The van der Waals surface area contributed by atoms with Gasteiger partial charge in [-0.25, -0.2) is 0 Å². The summed E-state index contributed by atoms with van der Waals surface area (Å²) in [7, 11) is 0. The summed E-state index contributed by atoms with van der Waals surface area (Å²) in [6.07, 6.45) is 0. The van der Waals surface area contributed by atoms with Crippen molar-refractivity contribution in [1.29, 1.82) is 0 Å². The summed E-state index contributed by atoms with van der Waals surface area (Å²) < 4.78 is 7.88. The molecule has 0 rings (SSSR count). The van der Waals surface area contributed by atoms with E-state index in [1.807, 2.05) is 0 Å². The first kappa shape index (κ1) is 36.6. The van der Waals surface area contributed by atoms with E-state index in [1.165, 1.54) is 0 Å². The van der Waals surface area contributed by atoms with Gasteiger partial charge >= 0.3 is 19.3 Å². The maximum atomic E-state index is 7.88. The van der Waals surface area contributed by atoms with Crippen LogP contribution in [0.4, 0.5) is 0 Å². The Balaban J connectivity index is -0.000000000833. The predicted molar refractivity (Wildman–Crippen MR) is 6.44 cm³/mol. The Morgan fingerprint density at radius 1 is 1.17 bits per heavy atom. The molecule has 1 nitrogen and oxygen atoms in total. The first-order valence-electron chi connectivity index (χ1n) is 0.129. The average molecular weight is 494 g/mol. The van der Waals surface area contributed by atoms with E-state index in [4.69, 9.17) is 3.90 Å². The van der Waals surface area contributed by atoms with E-state index in [0.717, 1.165) is 0 Å². The van der Waals surface area contributed by atoms with Crippen LogP contribution in [-0.2, 0) is 74.2 Å². The summed E-state index contributed by atoms with van der Waals surface area (Å²) >= 11 is 2.62. The molecule has 0 N–H and O–H groups in total. The van der Waals surface area contributed by atoms with Crippen LogP contribution < -0.4 is 0 Å². The Kier molecular flexibility index (Phi) is 273. The molecule has 0 aliphatic carbocycles. The molecule has 0 unspecified atom stereocenters. The third-order valence-corrected chi connectivity index (χ3v) is 0. The topological polar surface area (TPSA) is 17.1 Å². The summed E-state index contributed by atoms with van der Waals surface area (Å²) in [5, 5.41) is 0. The Hall–Kier alpha value is 2.89. The van der Waals surface area contributed by atoms with E-state index >= 15 is 0 Å². The molecule has 0 atom stereocenters. The second-order valence-electron chi connectivity index (χ2n) is 0. The Morgan fingerprint density at radius 3 is 1.17 bits per heavy atom. The van der Waals surface area contributed by atoms with Crippen LogP contribution >= 0.6 is 0 Å². The fourth-order valence-corrected chi connectivity index (χ4v) is 0. The van der Waals surface area contributed by atoms with Crippen molar-refractivity contribution in [1.82, 2.24) is 0 Å². The van der Waals surface area contributed by atoms with Gasteiger partial charge in [-0.05, 0) is 0 Å². The van der Waals surface area contributed by atoms with Gasteiger partial charge in [-0.1, -0.05) is 0 Å². The van der Waals surface area contributed by atoms with Crippen LogP contribution in [0.15, 0.2) is 0 Å². The second-order valence-corrected chi connectivity index (χ2v) is 0. The van der Waals surface area contributed by atoms with E-state index in [0.29, 0.717) is 0 Å². The Morgan fingerprint density at radius 2 is 1.17 bits per heavy atom. The van der Waals surface area contributed by atoms with E-state index in [-0.39, 0.29) is 81.1 Å². The third-order valence-electron chi connectivity index (χ3n) is 0. The molecule has 0 aliphatic rings. The molecule has 0 amide bonds. The fourth-order valence-electron chi connectivity index (χ4n) is 0. The molecule has 0 aromatic carbocycles. The van der Waals surface area contributed by atoms with Gasteiger partial charge in [0.1, 0.15) is 0 Å². The first-order chi connectivity index (χ1) is 1.00. The molecule has 0 fully saturated rings. The normalized spacial score (nSPS) is 1.00. The summed E-state index contributed by atoms with van der Waals surface area (Å²) in [6, 6.07) is 0. The van der Waals surface area contributed by atoms with Crippen LogP contribution in [-0.4, -0.2) is 26.2 Å². The summed E-state index contributed by atoms with van der Waals surface area (Å²) in [5.74, 6) is 0. The van der Waals surface area contributed by atoms with Crippen LogP contribution in [0.25, 0.3) is 0 Å².